The fraction of sp³-hybridized carbons (Fsp3) is 0.433. The standard InChI is InChI=1S/C30H40N4O2/c1-6-7-8-12-15-29(36)33(21-24-13-10-9-11-14-24)22-28(35)31-27-20-26(30(3,4)5)32-34(27)25-18-16-23(2)17-19-25/h9-11,13-14,16-20H,6-8,12,15,21-22H2,1-5H3,(H,31,35). The molecule has 3 aromatic rings. The summed E-state index contributed by atoms with van der Waals surface area (Å²) in [4.78, 5) is 28.0. The minimum Gasteiger partial charge on any atom is -0.329 e. The van der Waals surface area contributed by atoms with Gasteiger partial charge in [-0.1, -0.05) is 95.0 Å². The number of benzene rings is 2. The van der Waals surface area contributed by atoms with Gasteiger partial charge in [-0.3, -0.25) is 9.59 Å². The Morgan fingerprint density at radius 3 is 2.31 bits per heavy atom. The number of hydrogen-bond acceptors (Lipinski definition) is 3. The lowest BCUT2D eigenvalue weighted by Crippen LogP contribution is -2.37. The highest BCUT2D eigenvalue weighted by atomic mass is 16.2. The number of aromatic nitrogens is 2. The van der Waals surface area contributed by atoms with Gasteiger partial charge in [0, 0.05) is 24.4 Å². The Balaban J connectivity index is 1.80. The maximum atomic E-state index is 13.2. The van der Waals surface area contributed by atoms with Crippen molar-refractivity contribution in [3.63, 3.8) is 0 Å². The number of amides is 2. The summed E-state index contributed by atoms with van der Waals surface area (Å²) in [7, 11) is 0. The first kappa shape index (κ1) is 27.2. The lowest BCUT2D eigenvalue weighted by atomic mass is 9.92. The van der Waals surface area contributed by atoms with E-state index >= 15 is 0 Å². The topological polar surface area (TPSA) is 67.2 Å². The Morgan fingerprint density at radius 1 is 0.972 bits per heavy atom. The molecule has 36 heavy (non-hydrogen) atoms. The van der Waals surface area contributed by atoms with Crippen molar-refractivity contribution in [3.8, 4) is 5.69 Å². The van der Waals surface area contributed by atoms with Crippen LogP contribution in [0.15, 0.2) is 60.7 Å². The highest BCUT2D eigenvalue weighted by Gasteiger charge is 2.23. The van der Waals surface area contributed by atoms with E-state index in [9.17, 15) is 9.59 Å². The van der Waals surface area contributed by atoms with Crippen LogP contribution >= 0.6 is 0 Å². The summed E-state index contributed by atoms with van der Waals surface area (Å²) >= 11 is 0. The van der Waals surface area contributed by atoms with Crippen LogP contribution in [0.1, 0.15) is 76.6 Å². The normalized spacial score (nSPS) is 11.4. The SMILES string of the molecule is CCCCCCC(=O)N(CC(=O)Nc1cc(C(C)(C)C)nn1-c1ccc(C)cc1)Cc1ccccc1. The van der Waals surface area contributed by atoms with Gasteiger partial charge < -0.3 is 10.2 Å². The number of nitrogens with zero attached hydrogens (tertiary/aromatic N) is 3. The van der Waals surface area contributed by atoms with Crippen molar-refractivity contribution >= 4 is 17.6 Å². The molecule has 6 nitrogen and oxygen atoms in total. The molecule has 0 saturated carbocycles. The molecule has 0 unspecified atom stereocenters. The molecule has 0 aliphatic carbocycles. The molecule has 6 heteroatoms. The van der Waals surface area contributed by atoms with E-state index in [1.807, 2.05) is 67.6 Å². The van der Waals surface area contributed by atoms with Gasteiger partial charge in [-0.05, 0) is 31.0 Å². The monoisotopic (exact) mass is 488 g/mol. The zero-order valence-corrected chi connectivity index (χ0v) is 22.4. The highest BCUT2D eigenvalue weighted by Crippen LogP contribution is 2.26. The molecule has 2 amide bonds. The first-order valence-electron chi connectivity index (χ1n) is 13.0. The van der Waals surface area contributed by atoms with Crippen LogP contribution < -0.4 is 5.32 Å². The molecule has 0 radical (unpaired) electrons. The van der Waals surface area contributed by atoms with Crippen LogP contribution in [0.2, 0.25) is 0 Å². The van der Waals surface area contributed by atoms with Gasteiger partial charge in [-0.25, -0.2) is 4.68 Å². The maximum Gasteiger partial charge on any atom is 0.245 e. The van der Waals surface area contributed by atoms with Crippen LogP contribution in [-0.4, -0.2) is 33.0 Å². The van der Waals surface area contributed by atoms with Crippen LogP contribution in [0.25, 0.3) is 5.69 Å². The third-order valence-corrected chi connectivity index (χ3v) is 6.17. The Morgan fingerprint density at radius 2 is 1.67 bits per heavy atom. The second-order valence-electron chi connectivity index (χ2n) is 10.5. The zero-order valence-electron chi connectivity index (χ0n) is 22.4. The Hall–Kier alpha value is -3.41. The zero-order chi connectivity index (χ0) is 26.1. The summed E-state index contributed by atoms with van der Waals surface area (Å²) in [6, 6.07) is 19.8. The predicted molar refractivity (Wildman–Crippen MR) is 146 cm³/mol. The van der Waals surface area contributed by atoms with E-state index in [1.54, 1.807) is 9.58 Å². The van der Waals surface area contributed by atoms with E-state index < -0.39 is 0 Å². The van der Waals surface area contributed by atoms with Crippen molar-refractivity contribution in [1.82, 2.24) is 14.7 Å². The molecule has 2 aromatic carbocycles. The van der Waals surface area contributed by atoms with E-state index in [0.717, 1.165) is 48.2 Å². The van der Waals surface area contributed by atoms with Crippen LogP contribution in [-0.2, 0) is 21.5 Å². The minimum absolute atomic E-state index is 0.00697. The second kappa shape index (κ2) is 12.5. The Labute approximate surface area is 215 Å². The fourth-order valence-corrected chi connectivity index (χ4v) is 3.97. The summed E-state index contributed by atoms with van der Waals surface area (Å²) in [6.07, 6.45) is 4.56. The van der Waals surface area contributed by atoms with Gasteiger partial charge in [0.05, 0.1) is 11.4 Å². The van der Waals surface area contributed by atoms with Gasteiger partial charge in [0.25, 0.3) is 0 Å². The Kier molecular flexibility index (Phi) is 9.45. The van der Waals surface area contributed by atoms with Crippen molar-refractivity contribution in [1.29, 1.82) is 0 Å². The summed E-state index contributed by atoms with van der Waals surface area (Å²) in [5, 5.41) is 7.83. The maximum absolute atomic E-state index is 13.2. The summed E-state index contributed by atoms with van der Waals surface area (Å²) in [5.41, 5.74) is 3.74. The number of carbonyl (C=O) groups is 2. The molecular weight excluding hydrogens is 448 g/mol. The largest absolute Gasteiger partial charge is 0.329 e. The average Bonchev–Trinajstić information content (AvgIpc) is 3.26. The molecule has 192 valence electrons. The second-order valence-corrected chi connectivity index (χ2v) is 10.5. The number of hydrogen-bond donors (Lipinski definition) is 1. The predicted octanol–water partition coefficient (Wildman–Crippen LogP) is 6.42. The molecule has 3 rings (SSSR count). The molecule has 0 bridgehead atoms. The van der Waals surface area contributed by atoms with E-state index in [1.165, 1.54) is 0 Å². The van der Waals surface area contributed by atoms with E-state index in [-0.39, 0.29) is 23.8 Å². The van der Waals surface area contributed by atoms with Gasteiger partial charge in [-0.15, -0.1) is 0 Å². The molecule has 0 aliphatic heterocycles. The Bertz CT molecular complexity index is 1130. The number of rotatable bonds is 11. The number of aryl methyl sites for hydroxylation is 1. The molecule has 1 aromatic heterocycles. The van der Waals surface area contributed by atoms with Crippen LogP contribution in [0.4, 0.5) is 5.82 Å². The number of anilines is 1. The number of unbranched alkanes of at least 4 members (excludes halogenated alkanes) is 3. The van der Waals surface area contributed by atoms with Crippen LogP contribution in [0.3, 0.4) is 0 Å². The lowest BCUT2D eigenvalue weighted by Gasteiger charge is -2.22. The van der Waals surface area contributed by atoms with E-state index in [0.29, 0.717) is 18.8 Å². The first-order chi connectivity index (χ1) is 17.2. The summed E-state index contributed by atoms with van der Waals surface area (Å²) < 4.78 is 1.77. The number of carbonyl (C=O) groups excluding carboxylic acids is 2. The van der Waals surface area contributed by atoms with Gasteiger partial charge >= 0.3 is 0 Å². The third kappa shape index (κ3) is 7.80. The van der Waals surface area contributed by atoms with Crippen LogP contribution in [0.5, 0.6) is 0 Å². The van der Waals surface area contributed by atoms with Gasteiger partial charge in [-0.2, -0.15) is 5.10 Å². The molecule has 0 aliphatic rings. The minimum atomic E-state index is -0.235. The molecule has 1 heterocycles. The van der Waals surface area contributed by atoms with Crippen molar-refractivity contribution in [2.75, 3.05) is 11.9 Å². The molecule has 0 atom stereocenters. The highest BCUT2D eigenvalue weighted by molar-refractivity contribution is 5.94. The quantitative estimate of drug-likeness (QED) is 0.317. The smallest absolute Gasteiger partial charge is 0.245 e. The molecule has 0 saturated heterocycles. The third-order valence-electron chi connectivity index (χ3n) is 6.17. The molecular formula is C30H40N4O2. The van der Waals surface area contributed by atoms with Crippen molar-refractivity contribution in [2.45, 2.75) is 78.7 Å². The van der Waals surface area contributed by atoms with Crippen LogP contribution in [0, 0.1) is 6.92 Å². The van der Waals surface area contributed by atoms with Crippen molar-refractivity contribution in [3.05, 3.63) is 77.5 Å². The van der Waals surface area contributed by atoms with Gasteiger partial charge in [0.15, 0.2) is 0 Å². The number of nitrogens with one attached hydrogen (secondary N) is 1. The van der Waals surface area contributed by atoms with Crippen molar-refractivity contribution < 1.29 is 9.59 Å². The first-order valence-corrected chi connectivity index (χ1v) is 13.0. The van der Waals surface area contributed by atoms with Gasteiger partial charge in [0.1, 0.15) is 12.4 Å². The molecule has 0 fully saturated rings. The lowest BCUT2D eigenvalue weighted by molar-refractivity contribution is -0.135. The van der Waals surface area contributed by atoms with E-state index in [4.69, 9.17) is 5.10 Å². The molecule has 1 N–H and O–H groups in total. The summed E-state index contributed by atoms with van der Waals surface area (Å²) in [6.45, 7) is 10.9. The molecule has 0 spiro atoms. The van der Waals surface area contributed by atoms with E-state index in [2.05, 4.69) is 33.0 Å². The summed E-state index contributed by atoms with van der Waals surface area (Å²) in [5.74, 6) is 0.373. The average molecular weight is 489 g/mol. The van der Waals surface area contributed by atoms with Gasteiger partial charge in [0.2, 0.25) is 11.8 Å². The van der Waals surface area contributed by atoms with Crippen molar-refractivity contribution in [2.24, 2.45) is 0 Å². The fourth-order valence-electron chi connectivity index (χ4n) is 3.97.